The minimum absolute atomic E-state index is 0.240. The van der Waals surface area contributed by atoms with Crippen LogP contribution in [0, 0.1) is 0 Å². The fourth-order valence-electron chi connectivity index (χ4n) is 1.30. The van der Waals surface area contributed by atoms with Crippen molar-refractivity contribution in [1.29, 1.82) is 0 Å². The third kappa shape index (κ3) is 4.98. The van der Waals surface area contributed by atoms with Gasteiger partial charge < -0.3 is 10.4 Å². The first-order chi connectivity index (χ1) is 7.70. The molecule has 0 fully saturated rings. The minimum atomic E-state index is -0.735. The first-order valence-electron chi connectivity index (χ1n) is 5.26. The van der Waals surface area contributed by atoms with Crippen molar-refractivity contribution < 1.29 is 9.90 Å². The summed E-state index contributed by atoms with van der Waals surface area (Å²) in [6.07, 6.45) is 4.44. The third-order valence-corrected chi connectivity index (χ3v) is 2.42. The number of hydrogen-bond donors (Lipinski definition) is 2. The fourth-order valence-corrected chi connectivity index (χ4v) is 1.49. The second-order valence-electron chi connectivity index (χ2n) is 3.47. The Balaban J connectivity index is 2.12. The highest BCUT2D eigenvalue weighted by Crippen LogP contribution is 2.17. The topological polar surface area (TPSA) is 62.2 Å². The van der Waals surface area contributed by atoms with Gasteiger partial charge in [-0.2, -0.15) is 0 Å². The molecule has 4 nitrogen and oxygen atoms in total. The number of carbonyl (C=O) groups is 1. The molecule has 0 saturated heterocycles. The molecule has 1 rings (SSSR count). The van der Waals surface area contributed by atoms with E-state index in [1.165, 1.54) is 0 Å². The van der Waals surface area contributed by atoms with Crippen molar-refractivity contribution in [1.82, 2.24) is 4.98 Å². The molecule has 0 aliphatic rings. The molecule has 1 aromatic heterocycles. The van der Waals surface area contributed by atoms with Crippen molar-refractivity contribution >= 4 is 23.4 Å². The average Bonchev–Trinajstić information content (AvgIpc) is 2.25. The molecular formula is C11H15ClN2O2. The van der Waals surface area contributed by atoms with Gasteiger partial charge in [-0.1, -0.05) is 18.0 Å². The molecule has 0 spiro atoms. The molecule has 0 aliphatic carbocycles. The Morgan fingerprint density at radius 1 is 1.44 bits per heavy atom. The lowest BCUT2D eigenvalue weighted by Gasteiger charge is -2.06. The summed E-state index contributed by atoms with van der Waals surface area (Å²) in [6.45, 7) is 0.760. The molecule has 0 aromatic carbocycles. The molecule has 0 amide bonds. The second-order valence-corrected chi connectivity index (χ2v) is 3.87. The lowest BCUT2D eigenvalue weighted by Crippen LogP contribution is -2.04. The Kier molecular flexibility index (Phi) is 5.64. The van der Waals surface area contributed by atoms with Crippen molar-refractivity contribution in [3.63, 3.8) is 0 Å². The summed E-state index contributed by atoms with van der Waals surface area (Å²) in [5.74, 6) is -0.0527. The van der Waals surface area contributed by atoms with Gasteiger partial charge in [-0.3, -0.25) is 4.79 Å². The van der Waals surface area contributed by atoms with E-state index in [9.17, 15) is 4.79 Å². The van der Waals surface area contributed by atoms with E-state index >= 15 is 0 Å². The smallest absolute Gasteiger partial charge is 0.303 e. The molecule has 0 atom stereocenters. The van der Waals surface area contributed by atoms with Crippen LogP contribution >= 0.6 is 11.6 Å². The number of nitrogens with one attached hydrogen (secondary N) is 1. The first-order valence-corrected chi connectivity index (χ1v) is 5.64. The number of anilines is 1. The maximum atomic E-state index is 10.3. The molecule has 1 heterocycles. The zero-order valence-corrected chi connectivity index (χ0v) is 9.70. The number of carboxylic acids is 1. The van der Waals surface area contributed by atoms with Gasteiger partial charge in [-0.15, -0.1) is 0 Å². The Bertz CT molecular complexity index is 345. The van der Waals surface area contributed by atoms with Gasteiger partial charge >= 0.3 is 5.97 Å². The van der Waals surface area contributed by atoms with Gasteiger partial charge in [0.15, 0.2) is 0 Å². The summed E-state index contributed by atoms with van der Waals surface area (Å²) in [4.78, 5) is 14.3. The summed E-state index contributed by atoms with van der Waals surface area (Å²) >= 11 is 5.90. The number of nitrogens with zero attached hydrogens (tertiary/aromatic N) is 1. The Morgan fingerprint density at radius 3 is 2.94 bits per heavy atom. The molecule has 0 radical (unpaired) electrons. The van der Waals surface area contributed by atoms with Crippen LogP contribution < -0.4 is 5.32 Å². The summed E-state index contributed by atoms with van der Waals surface area (Å²) in [5.41, 5.74) is 0. The highest BCUT2D eigenvalue weighted by atomic mass is 35.5. The molecule has 5 heteroatoms. The number of aromatic nitrogens is 1. The van der Waals surface area contributed by atoms with Crippen LogP contribution in [-0.4, -0.2) is 22.6 Å². The van der Waals surface area contributed by atoms with E-state index in [1.54, 1.807) is 18.3 Å². The zero-order valence-electron chi connectivity index (χ0n) is 8.95. The van der Waals surface area contributed by atoms with Crippen molar-refractivity contribution in [3.05, 3.63) is 23.4 Å². The lowest BCUT2D eigenvalue weighted by atomic mass is 10.2. The van der Waals surface area contributed by atoms with Gasteiger partial charge in [0.1, 0.15) is 5.82 Å². The number of unbranched alkanes of at least 4 members (excludes halogenated alkanes) is 2. The van der Waals surface area contributed by atoms with E-state index in [2.05, 4.69) is 10.3 Å². The van der Waals surface area contributed by atoms with Gasteiger partial charge in [0, 0.05) is 19.2 Å². The summed E-state index contributed by atoms with van der Waals surface area (Å²) in [5, 5.41) is 12.2. The van der Waals surface area contributed by atoms with E-state index in [0.29, 0.717) is 17.3 Å². The molecule has 0 bridgehead atoms. The van der Waals surface area contributed by atoms with E-state index in [0.717, 1.165) is 19.4 Å². The van der Waals surface area contributed by atoms with Crippen LogP contribution in [0.4, 0.5) is 5.82 Å². The molecule has 1 aromatic rings. The van der Waals surface area contributed by atoms with Crippen LogP contribution in [-0.2, 0) is 4.79 Å². The SMILES string of the molecule is O=C(O)CCCCCNc1ncccc1Cl. The molecule has 2 N–H and O–H groups in total. The van der Waals surface area contributed by atoms with Gasteiger partial charge in [0.2, 0.25) is 0 Å². The number of halogens is 1. The predicted molar refractivity (Wildman–Crippen MR) is 63.8 cm³/mol. The highest BCUT2D eigenvalue weighted by Gasteiger charge is 1.99. The largest absolute Gasteiger partial charge is 0.481 e. The van der Waals surface area contributed by atoms with E-state index in [1.807, 2.05) is 0 Å². The summed E-state index contributed by atoms with van der Waals surface area (Å²) < 4.78 is 0. The molecule has 16 heavy (non-hydrogen) atoms. The zero-order chi connectivity index (χ0) is 11.8. The Hall–Kier alpha value is -1.29. The van der Waals surface area contributed by atoms with E-state index in [4.69, 9.17) is 16.7 Å². The molecular weight excluding hydrogens is 228 g/mol. The minimum Gasteiger partial charge on any atom is -0.481 e. The van der Waals surface area contributed by atoms with E-state index in [-0.39, 0.29) is 6.42 Å². The third-order valence-electron chi connectivity index (χ3n) is 2.12. The Morgan fingerprint density at radius 2 is 2.25 bits per heavy atom. The summed E-state index contributed by atoms with van der Waals surface area (Å²) in [6, 6.07) is 3.56. The quantitative estimate of drug-likeness (QED) is 0.722. The highest BCUT2D eigenvalue weighted by molar-refractivity contribution is 6.32. The van der Waals surface area contributed by atoms with Crippen molar-refractivity contribution in [2.45, 2.75) is 25.7 Å². The van der Waals surface area contributed by atoms with Crippen LogP contribution in [0.2, 0.25) is 5.02 Å². The molecule has 88 valence electrons. The van der Waals surface area contributed by atoms with Crippen LogP contribution in [0.15, 0.2) is 18.3 Å². The number of aliphatic carboxylic acids is 1. The predicted octanol–water partition coefficient (Wildman–Crippen LogP) is 2.79. The Labute approximate surface area is 99.6 Å². The second kappa shape index (κ2) is 7.06. The molecule has 0 aliphatic heterocycles. The van der Waals surface area contributed by atoms with Gasteiger partial charge in [-0.05, 0) is 25.0 Å². The standard InChI is InChI=1S/C11H15ClN2O2/c12-9-5-4-8-14-11(9)13-7-3-1-2-6-10(15)16/h4-5,8H,1-3,6-7H2,(H,13,14)(H,15,16). The number of rotatable bonds is 7. The normalized spacial score (nSPS) is 10.1. The summed E-state index contributed by atoms with van der Waals surface area (Å²) in [7, 11) is 0. The number of hydrogen-bond acceptors (Lipinski definition) is 3. The van der Waals surface area contributed by atoms with Crippen LogP contribution in [0.25, 0.3) is 0 Å². The van der Waals surface area contributed by atoms with E-state index < -0.39 is 5.97 Å². The maximum Gasteiger partial charge on any atom is 0.303 e. The van der Waals surface area contributed by atoms with Crippen molar-refractivity contribution in [3.8, 4) is 0 Å². The number of carboxylic acid groups (broad SMARTS) is 1. The molecule has 0 saturated carbocycles. The first kappa shape index (κ1) is 12.8. The monoisotopic (exact) mass is 242 g/mol. The van der Waals surface area contributed by atoms with Gasteiger partial charge in [0.25, 0.3) is 0 Å². The number of pyridine rings is 1. The van der Waals surface area contributed by atoms with Gasteiger partial charge in [0.05, 0.1) is 5.02 Å². The average molecular weight is 243 g/mol. The lowest BCUT2D eigenvalue weighted by molar-refractivity contribution is -0.137. The van der Waals surface area contributed by atoms with Crippen molar-refractivity contribution in [2.24, 2.45) is 0 Å². The van der Waals surface area contributed by atoms with Gasteiger partial charge in [-0.25, -0.2) is 4.98 Å². The van der Waals surface area contributed by atoms with Crippen LogP contribution in [0.1, 0.15) is 25.7 Å². The van der Waals surface area contributed by atoms with Crippen LogP contribution in [0.5, 0.6) is 0 Å². The molecule has 0 unspecified atom stereocenters. The van der Waals surface area contributed by atoms with Crippen molar-refractivity contribution in [2.75, 3.05) is 11.9 Å². The fraction of sp³-hybridized carbons (Fsp3) is 0.455. The maximum absolute atomic E-state index is 10.3. The van der Waals surface area contributed by atoms with Crippen LogP contribution in [0.3, 0.4) is 0 Å².